The molecule has 1 aromatic heterocycles. The van der Waals surface area contributed by atoms with Crippen LogP contribution in [0.5, 0.6) is 0 Å². The molecule has 0 saturated carbocycles. The number of hydrogen-bond donors (Lipinski definition) is 0. The monoisotopic (exact) mass is 427 g/mol. The van der Waals surface area contributed by atoms with Crippen LogP contribution >= 0.6 is 11.8 Å². The first kappa shape index (κ1) is 21.4. The Morgan fingerprint density at radius 3 is 2.47 bits per heavy atom. The van der Waals surface area contributed by atoms with Crippen molar-refractivity contribution in [1.82, 2.24) is 24.6 Å². The molecule has 0 aliphatic carbocycles. The summed E-state index contributed by atoms with van der Waals surface area (Å²) in [6.07, 6.45) is 6.02. The number of benzene rings is 1. The fourth-order valence-electron chi connectivity index (χ4n) is 4.33. The van der Waals surface area contributed by atoms with E-state index in [2.05, 4.69) is 38.7 Å². The summed E-state index contributed by atoms with van der Waals surface area (Å²) in [6, 6.07) is 10.3. The Morgan fingerprint density at radius 2 is 1.77 bits per heavy atom. The molecule has 30 heavy (non-hydrogen) atoms. The largest absolute Gasteiger partial charge is 0.342 e. The minimum Gasteiger partial charge on any atom is -0.342 e. The van der Waals surface area contributed by atoms with Gasteiger partial charge in [0.05, 0.1) is 11.8 Å². The quantitative estimate of drug-likeness (QED) is 0.653. The molecule has 2 aromatic rings. The standard InChI is InChI=1S/C23H33N5OS/c1-18-11-15-27(16-12-18)22(29)19(2)30-23-25-24-21(17-26-13-7-4-8-14-26)28(23)20-9-5-3-6-10-20/h3,5-6,9-10,18-19H,4,7-8,11-17H2,1-2H3. The zero-order valence-electron chi connectivity index (χ0n) is 18.2. The Morgan fingerprint density at radius 1 is 1.07 bits per heavy atom. The summed E-state index contributed by atoms with van der Waals surface area (Å²) >= 11 is 1.53. The van der Waals surface area contributed by atoms with Crippen LogP contribution < -0.4 is 0 Å². The molecule has 0 bridgehead atoms. The number of nitrogens with zero attached hydrogens (tertiary/aromatic N) is 5. The van der Waals surface area contributed by atoms with E-state index in [9.17, 15) is 4.79 Å². The van der Waals surface area contributed by atoms with Gasteiger partial charge >= 0.3 is 0 Å². The fourth-order valence-corrected chi connectivity index (χ4v) is 5.30. The van der Waals surface area contributed by atoms with Gasteiger partial charge in [0.2, 0.25) is 5.91 Å². The number of thioether (sulfide) groups is 1. The van der Waals surface area contributed by atoms with Gasteiger partial charge < -0.3 is 4.90 Å². The summed E-state index contributed by atoms with van der Waals surface area (Å²) in [4.78, 5) is 17.5. The van der Waals surface area contributed by atoms with Gasteiger partial charge in [-0.1, -0.05) is 43.3 Å². The molecule has 2 saturated heterocycles. The number of para-hydroxylation sites is 1. The first-order valence-corrected chi connectivity index (χ1v) is 12.2. The SMILES string of the molecule is CC1CCN(C(=O)C(C)Sc2nnc(CN3CCCCC3)n2-c2ccccc2)CC1. The highest BCUT2D eigenvalue weighted by molar-refractivity contribution is 8.00. The molecular weight excluding hydrogens is 394 g/mol. The van der Waals surface area contributed by atoms with Gasteiger partial charge in [-0.05, 0) is 63.7 Å². The van der Waals surface area contributed by atoms with Crippen molar-refractivity contribution in [2.75, 3.05) is 26.2 Å². The summed E-state index contributed by atoms with van der Waals surface area (Å²) in [5.41, 5.74) is 1.06. The molecule has 0 radical (unpaired) electrons. The molecule has 2 fully saturated rings. The molecule has 3 heterocycles. The zero-order chi connectivity index (χ0) is 20.9. The van der Waals surface area contributed by atoms with Crippen LogP contribution in [-0.4, -0.2) is 61.9 Å². The number of carbonyl (C=O) groups is 1. The van der Waals surface area contributed by atoms with Gasteiger partial charge in [-0.25, -0.2) is 0 Å². The van der Waals surface area contributed by atoms with Crippen LogP contribution in [0.1, 0.15) is 51.8 Å². The molecule has 2 aliphatic rings. The van der Waals surface area contributed by atoms with Crippen molar-refractivity contribution >= 4 is 17.7 Å². The lowest BCUT2D eigenvalue weighted by atomic mass is 9.99. The van der Waals surface area contributed by atoms with E-state index < -0.39 is 0 Å². The third-order valence-electron chi connectivity index (χ3n) is 6.25. The highest BCUT2D eigenvalue weighted by atomic mass is 32.2. The molecule has 1 amide bonds. The molecule has 1 aromatic carbocycles. The smallest absolute Gasteiger partial charge is 0.235 e. The summed E-state index contributed by atoms with van der Waals surface area (Å²) in [5, 5.41) is 9.69. The van der Waals surface area contributed by atoms with Crippen molar-refractivity contribution in [2.24, 2.45) is 5.92 Å². The van der Waals surface area contributed by atoms with Gasteiger partial charge in [-0.15, -0.1) is 10.2 Å². The summed E-state index contributed by atoms with van der Waals surface area (Å²) in [6.45, 7) is 9.05. The van der Waals surface area contributed by atoms with Crippen LogP contribution in [0.25, 0.3) is 5.69 Å². The Labute approximate surface area is 184 Å². The summed E-state index contributed by atoms with van der Waals surface area (Å²) in [7, 11) is 0. The number of piperidine rings is 2. The van der Waals surface area contributed by atoms with Gasteiger partial charge in [-0.3, -0.25) is 14.3 Å². The molecule has 2 aliphatic heterocycles. The molecule has 7 heteroatoms. The average Bonchev–Trinajstić information content (AvgIpc) is 3.17. The molecule has 6 nitrogen and oxygen atoms in total. The van der Waals surface area contributed by atoms with Crippen LogP contribution in [0, 0.1) is 5.92 Å². The van der Waals surface area contributed by atoms with Crippen LogP contribution in [0.3, 0.4) is 0 Å². The number of aromatic nitrogens is 3. The van der Waals surface area contributed by atoms with Crippen LogP contribution in [0.2, 0.25) is 0 Å². The lowest BCUT2D eigenvalue weighted by molar-refractivity contribution is -0.131. The van der Waals surface area contributed by atoms with Crippen LogP contribution in [-0.2, 0) is 11.3 Å². The van der Waals surface area contributed by atoms with Gasteiger partial charge in [0.1, 0.15) is 0 Å². The Bertz CT molecular complexity index is 825. The lowest BCUT2D eigenvalue weighted by Gasteiger charge is -2.32. The van der Waals surface area contributed by atoms with E-state index in [1.165, 1.54) is 31.0 Å². The minimum absolute atomic E-state index is 0.173. The maximum absolute atomic E-state index is 13.0. The number of carbonyl (C=O) groups excluding carboxylic acids is 1. The average molecular weight is 428 g/mol. The van der Waals surface area contributed by atoms with Crippen molar-refractivity contribution in [3.05, 3.63) is 36.2 Å². The van der Waals surface area contributed by atoms with Crippen molar-refractivity contribution in [3.63, 3.8) is 0 Å². The van der Waals surface area contributed by atoms with E-state index in [4.69, 9.17) is 0 Å². The van der Waals surface area contributed by atoms with E-state index in [-0.39, 0.29) is 11.2 Å². The number of likely N-dealkylation sites (tertiary alicyclic amines) is 2. The predicted molar refractivity (Wildman–Crippen MR) is 121 cm³/mol. The van der Waals surface area contributed by atoms with E-state index in [1.54, 1.807) is 0 Å². The molecule has 4 rings (SSSR count). The Kier molecular flexibility index (Phi) is 7.10. The van der Waals surface area contributed by atoms with Crippen molar-refractivity contribution in [2.45, 2.75) is 62.9 Å². The molecule has 1 atom stereocenters. The molecule has 162 valence electrons. The topological polar surface area (TPSA) is 54.3 Å². The van der Waals surface area contributed by atoms with E-state index in [0.717, 1.165) is 68.2 Å². The van der Waals surface area contributed by atoms with Crippen LogP contribution in [0.15, 0.2) is 35.5 Å². The van der Waals surface area contributed by atoms with Gasteiger partial charge in [0, 0.05) is 18.8 Å². The molecule has 0 spiro atoms. The third kappa shape index (κ3) is 5.06. The number of amides is 1. The van der Waals surface area contributed by atoms with Gasteiger partial charge in [0.25, 0.3) is 0 Å². The first-order valence-electron chi connectivity index (χ1n) is 11.3. The van der Waals surface area contributed by atoms with E-state index >= 15 is 0 Å². The second kappa shape index (κ2) is 9.96. The molecule has 0 N–H and O–H groups in total. The van der Waals surface area contributed by atoms with E-state index in [1.807, 2.05) is 30.0 Å². The van der Waals surface area contributed by atoms with Crippen molar-refractivity contribution in [3.8, 4) is 5.69 Å². The Hall–Kier alpha value is -1.86. The number of rotatable bonds is 6. The third-order valence-corrected chi connectivity index (χ3v) is 7.28. The summed E-state index contributed by atoms with van der Waals surface area (Å²) < 4.78 is 2.14. The summed E-state index contributed by atoms with van der Waals surface area (Å²) in [5.74, 6) is 1.89. The van der Waals surface area contributed by atoms with Crippen molar-refractivity contribution < 1.29 is 4.79 Å². The molecular formula is C23H33N5OS. The first-order chi connectivity index (χ1) is 14.6. The molecule has 1 unspecified atom stereocenters. The highest BCUT2D eigenvalue weighted by Gasteiger charge is 2.27. The van der Waals surface area contributed by atoms with Gasteiger partial charge in [0.15, 0.2) is 11.0 Å². The number of hydrogen-bond acceptors (Lipinski definition) is 5. The maximum Gasteiger partial charge on any atom is 0.235 e. The lowest BCUT2D eigenvalue weighted by Crippen LogP contribution is -2.41. The van der Waals surface area contributed by atoms with Crippen LogP contribution in [0.4, 0.5) is 0 Å². The van der Waals surface area contributed by atoms with Gasteiger partial charge in [-0.2, -0.15) is 0 Å². The highest BCUT2D eigenvalue weighted by Crippen LogP contribution is 2.28. The van der Waals surface area contributed by atoms with Crippen molar-refractivity contribution in [1.29, 1.82) is 0 Å². The fraction of sp³-hybridized carbons (Fsp3) is 0.609. The predicted octanol–water partition coefficient (Wildman–Crippen LogP) is 3.99. The Balaban J connectivity index is 1.52. The minimum atomic E-state index is -0.173. The second-order valence-corrected chi connectivity index (χ2v) is 9.98. The zero-order valence-corrected chi connectivity index (χ0v) is 19.0. The normalized spacial score (nSPS) is 19.7. The maximum atomic E-state index is 13.0. The second-order valence-electron chi connectivity index (χ2n) is 8.67. The van der Waals surface area contributed by atoms with E-state index in [0.29, 0.717) is 0 Å².